The van der Waals surface area contributed by atoms with E-state index in [0.717, 1.165) is 11.1 Å². The van der Waals surface area contributed by atoms with Gasteiger partial charge in [-0.2, -0.15) is 0 Å². The van der Waals surface area contributed by atoms with E-state index in [1.54, 1.807) is 43.5 Å². The highest BCUT2D eigenvalue weighted by Gasteiger charge is 2.32. The Morgan fingerprint density at radius 3 is 1.37 bits per heavy atom. The van der Waals surface area contributed by atoms with Gasteiger partial charge in [-0.05, 0) is 97.5 Å². The molecule has 0 aromatic heterocycles. The number of hydrogen-bond donors (Lipinski definition) is 5. The van der Waals surface area contributed by atoms with Crippen LogP contribution in [0.4, 0.5) is 0 Å². The van der Waals surface area contributed by atoms with Crippen molar-refractivity contribution in [3.8, 4) is 11.5 Å². The lowest BCUT2D eigenvalue weighted by Crippen LogP contribution is -2.43. The number of rotatable bonds is 20. The summed E-state index contributed by atoms with van der Waals surface area (Å²) >= 11 is 6.97. The van der Waals surface area contributed by atoms with Gasteiger partial charge in [0.15, 0.2) is 11.5 Å². The van der Waals surface area contributed by atoms with Gasteiger partial charge in [0, 0.05) is 114 Å². The molecule has 0 atom stereocenters. The van der Waals surface area contributed by atoms with Gasteiger partial charge in [0.1, 0.15) is 17.5 Å². The fourth-order valence-electron chi connectivity index (χ4n) is 9.45. The molecule has 5 aliphatic heterocycles. The molecule has 1 fully saturated rings. The Kier molecular flexibility index (Phi) is 24.9. The van der Waals surface area contributed by atoms with Crippen molar-refractivity contribution in [2.45, 2.75) is 40.9 Å². The van der Waals surface area contributed by atoms with Gasteiger partial charge in [-0.1, -0.05) is 84.6 Å². The predicted molar refractivity (Wildman–Crippen MR) is 324 cm³/mol. The molecule has 6 amide bonds. The highest BCUT2D eigenvalue weighted by Crippen LogP contribution is 2.38. The monoisotopic (exact) mass is 1170 g/mol. The van der Waals surface area contributed by atoms with Crippen LogP contribution in [0.5, 0.6) is 11.5 Å². The van der Waals surface area contributed by atoms with Gasteiger partial charge in [0.05, 0.1) is 44.2 Å². The number of thioether (sulfide) groups is 1. The summed E-state index contributed by atoms with van der Waals surface area (Å²) < 4.78 is 29.8. The maximum atomic E-state index is 14.5. The predicted octanol–water partition coefficient (Wildman–Crippen LogP) is 5.90. The first-order valence-electron chi connectivity index (χ1n) is 27.9. The van der Waals surface area contributed by atoms with Gasteiger partial charge in [-0.25, -0.2) is 0 Å². The van der Waals surface area contributed by atoms with E-state index in [1.165, 1.54) is 16.7 Å². The number of carbonyl (C=O) groups is 6. The van der Waals surface area contributed by atoms with Crippen LogP contribution < -0.4 is 36.1 Å². The number of thiocarbonyl (C=S) groups is 1. The zero-order valence-corrected chi connectivity index (χ0v) is 49.7. The first-order valence-corrected chi connectivity index (χ1v) is 29.3. The molecular weight excluding hydrogens is 1100 g/mol. The van der Waals surface area contributed by atoms with Crippen LogP contribution in [0.25, 0.3) is 0 Å². The molecule has 1 saturated heterocycles. The topological polar surface area (TPSA) is 218 Å². The third-order valence-electron chi connectivity index (χ3n) is 14.5. The number of nitrogens with one attached hydrogen (secondary N) is 5. The van der Waals surface area contributed by atoms with Gasteiger partial charge >= 0.3 is 0 Å². The van der Waals surface area contributed by atoms with Crippen LogP contribution in [-0.4, -0.2) is 179 Å². The van der Waals surface area contributed by atoms with Crippen LogP contribution in [0.1, 0.15) is 95.5 Å². The Labute approximate surface area is 495 Å². The molecule has 19 nitrogen and oxygen atoms in total. The molecule has 5 aliphatic rings. The number of ether oxygens (including phenoxy) is 5. The second kappa shape index (κ2) is 32.6. The summed E-state index contributed by atoms with van der Waals surface area (Å²) in [5.74, 6) is -1.15. The van der Waals surface area contributed by atoms with E-state index in [1.807, 2.05) is 93.3 Å². The van der Waals surface area contributed by atoms with Crippen LogP contribution in [0, 0.1) is 27.7 Å². The van der Waals surface area contributed by atoms with Crippen molar-refractivity contribution in [1.29, 1.82) is 0 Å². The van der Waals surface area contributed by atoms with Crippen LogP contribution in [0.2, 0.25) is 0 Å². The summed E-state index contributed by atoms with van der Waals surface area (Å²) in [7, 11) is 1.62. The number of methoxy groups -OCH3 is 1. The fraction of sp³-hybridized carbons (Fsp3) is 0.403. The number of carbonyl (C=O) groups excluding carboxylic acids is 6. The zero-order valence-electron chi connectivity index (χ0n) is 48.0. The number of nitrogens with zero attached hydrogens (tertiary/aromatic N) is 3. The quantitative estimate of drug-likeness (QED) is 0.0453. The molecule has 0 unspecified atom stereocenters. The molecule has 5 N–H and O–H groups in total. The SMILES string of the molecule is COCCOCCOCCN1CCNC(=O)c2ccc(c(C)c2C)C(=O)NCCN(CCNC(=O)c2ccc(C(=O)N3CCSC3=S)c(OCc3ccccc3)c2OCc2ccccc2)CCNC(=O)c2ccc(c(C)c2C)C(=O)NCC1. The second-order valence-corrected chi connectivity index (χ2v) is 21.7. The molecule has 0 spiro atoms. The summed E-state index contributed by atoms with van der Waals surface area (Å²) in [6.45, 7) is 13.7. The van der Waals surface area contributed by atoms with Crippen LogP contribution >= 0.6 is 24.0 Å². The van der Waals surface area contributed by atoms with Crippen molar-refractivity contribution in [3.05, 3.63) is 164 Å². The minimum Gasteiger partial charge on any atom is -0.484 e. The molecule has 5 aromatic carbocycles. The van der Waals surface area contributed by atoms with E-state index in [2.05, 4.69) is 31.5 Å². The Bertz CT molecular complexity index is 2960. The molecule has 0 aliphatic carbocycles. The Morgan fingerprint density at radius 1 is 0.530 bits per heavy atom. The summed E-state index contributed by atoms with van der Waals surface area (Å²) in [5, 5.41) is 15.2. The van der Waals surface area contributed by atoms with E-state index >= 15 is 0 Å². The maximum Gasteiger partial charge on any atom is 0.263 e. The highest BCUT2D eigenvalue weighted by molar-refractivity contribution is 8.23. The molecule has 5 heterocycles. The number of benzene rings is 5. The summed E-state index contributed by atoms with van der Waals surface area (Å²) in [6, 6.07) is 28.7. The molecule has 4 bridgehead atoms. The minimum atomic E-state index is -0.479. The lowest BCUT2D eigenvalue weighted by molar-refractivity contribution is 0.0196. The van der Waals surface area contributed by atoms with Crippen molar-refractivity contribution in [3.63, 3.8) is 0 Å². The fourth-order valence-corrected chi connectivity index (χ4v) is 10.6. The van der Waals surface area contributed by atoms with Crippen molar-refractivity contribution in [2.75, 3.05) is 124 Å². The molecule has 21 heteroatoms. The van der Waals surface area contributed by atoms with Gasteiger partial charge in [-0.15, -0.1) is 0 Å². The van der Waals surface area contributed by atoms with Gasteiger partial charge in [-0.3, -0.25) is 43.5 Å². The van der Waals surface area contributed by atoms with E-state index in [9.17, 15) is 28.8 Å². The maximum absolute atomic E-state index is 14.5. The van der Waals surface area contributed by atoms with E-state index in [-0.39, 0.29) is 85.0 Å². The third-order valence-corrected chi connectivity index (χ3v) is 15.9. The van der Waals surface area contributed by atoms with E-state index in [4.69, 9.17) is 35.9 Å². The van der Waals surface area contributed by atoms with Crippen molar-refractivity contribution in [2.24, 2.45) is 0 Å². The molecule has 0 radical (unpaired) electrons. The second-order valence-electron chi connectivity index (χ2n) is 19.9. The standard InChI is InChI=1S/C62H76N8O11S2/c1-42-44(3)50-18-16-48(42)56(71)63-22-27-68(28-23-64-57(72)49-17-19-51(45(4)43(49)2)59(74)66-26-31-69(30-25-65-58(50)73)32-34-78-37-38-79-36-35-77-5)29-24-67-60(75)52-20-21-53(61(76)70-33-39-83-62(70)82)55(81-41-47-14-10-7-11-15-47)54(52)80-40-46-12-8-6-9-13-46/h6-21H,22-41H2,1-5H3,(H,63,71)(H,64,72)(H,65,73)(H,66,74)(H,67,75). The van der Waals surface area contributed by atoms with Crippen molar-refractivity contribution in [1.82, 2.24) is 41.3 Å². The van der Waals surface area contributed by atoms with Crippen LogP contribution in [-0.2, 0) is 27.4 Å². The third kappa shape index (κ3) is 18.1. The Morgan fingerprint density at radius 2 is 0.940 bits per heavy atom. The smallest absolute Gasteiger partial charge is 0.263 e. The van der Waals surface area contributed by atoms with Crippen molar-refractivity contribution < 1.29 is 52.5 Å². The lowest BCUT2D eigenvalue weighted by Gasteiger charge is -2.24. The summed E-state index contributed by atoms with van der Waals surface area (Å²) in [5.41, 5.74) is 6.43. The number of hydrogen-bond acceptors (Lipinski definition) is 15. The average Bonchev–Trinajstić information content (AvgIpc) is 4.11. The molecule has 0 saturated carbocycles. The Balaban J connectivity index is 1.08. The Hall–Kier alpha value is -7.24. The molecule has 5 aromatic rings. The lowest BCUT2D eigenvalue weighted by atomic mass is 9.97. The van der Waals surface area contributed by atoms with Crippen LogP contribution in [0.3, 0.4) is 0 Å². The molecular formula is C62H76N8O11S2. The van der Waals surface area contributed by atoms with Crippen LogP contribution in [0.15, 0.2) is 97.1 Å². The summed E-state index contributed by atoms with van der Waals surface area (Å²) in [6.07, 6.45) is 0. The molecule has 10 rings (SSSR count). The van der Waals surface area contributed by atoms with Gasteiger partial charge < -0.3 is 50.3 Å². The highest BCUT2D eigenvalue weighted by atomic mass is 32.2. The normalized spacial score (nSPS) is 15.4. The number of amides is 6. The van der Waals surface area contributed by atoms with Gasteiger partial charge in [0.2, 0.25) is 0 Å². The van der Waals surface area contributed by atoms with Gasteiger partial charge in [0.25, 0.3) is 35.4 Å². The average molecular weight is 1170 g/mol. The first-order chi connectivity index (χ1) is 40.2. The zero-order chi connectivity index (χ0) is 59.1. The van der Waals surface area contributed by atoms with E-state index < -0.39 is 5.91 Å². The molecule has 83 heavy (non-hydrogen) atoms. The largest absolute Gasteiger partial charge is 0.484 e. The minimum absolute atomic E-state index is 0.0748. The first kappa shape index (κ1) is 63.3. The molecule has 442 valence electrons. The van der Waals surface area contributed by atoms with Crippen molar-refractivity contribution >= 4 is 63.7 Å². The summed E-state index contributed by atoms with van der Waals surface area (Å²) in [4.78, 5) is 89.3. The van der Waals surface area contributed by atoms with E-state index in [0.29, 0.717) is 147 Å².